The first-order chi connectivity index (χ1) is 10.7. The van der Waals surface area contributed by atoms with Crippen molar-refractivity contribution in [1.29, 1.82) is 0 Å². The maximum absolute atomic E-state index is 10.6. The molecule has 22 heavy (non-hydrogen) atoms. The van der Waals surface area contributed by atoms with E-state index in [1.807, 2.05) is 0 Å². The highest BCUT2D eigenvalue weighted by Gasteiger charge is 2.31. The Bertz CT molecular complexity index is 584. The topological polar surface area (TPSA) is 20.2 Å². The first kappa shape index (κ1) is 15.3. The number of fused-ring (bicyclic) bond motifs is 2. The van der Waals surface area contributed by atoms with Gasteiger partial charge in [0.25, 0.3) is 0 Å². The van der Waals surface area contributed by atoms with E-state index in [-0.39, 0.29) is 12.0 Å². The van der Waals surface area contributed by atoms with E-state index in [0.717, 1.165) is 25.7 Å². The van der Waals surface area contributed by atoms with Gasteiger partial charge in [-0.05, 0) is 47.4 Å². The molecule has 1 aliphatic rings. The highest BCUT2D eigenvalue weighted by molar-refractivity contribution is 5.45. The number of hydrogen-bond donors (Lipinski definition) is 1. The van der Waals surface area contributed by atoms with Crippen molar-refractivity contribution in [2.75, 3.05) is 0 Å². The smallest absolute Gasteiger partial charge is 0.0574 e. The normalized spacial score (nSPS) is 17.2. The molecular weight excluding hydrogens is 268 g/mol. The summed E-state index contributed by atoms with van der Waals surface area (Å²) in [4.78, 5) is 0. The van der Waals surface area contributed by atoms with E-state index in [4.69, 9.17) is 0 Å². The maximum Gasteiger partial charge on any atom is 0.0574 e. The quantitative estimate of drug-likeness (QED) is 0.865. The predicted octanol–water partition coefficient (Wildman–Crippen LogP) is 4.71. The van der Waals surface area contributed by atoms with Crippen LogP contribution in [-0.2, 0) is 12.8 Å². The fraction of sp³-hybridized carbons (Fsp3) is 0.429. The molecule has 1 heteroatoms. The van der Waals surface area contributed by atoms with Crippen LogP contribution in [0.2, 0.25) is 0 Å². The molecule has 2 aromatic carbocycles. The van der Waals surface area contributed by atoms with Gasteiger partial charge in [0.2, 0.25) is 0 Å². The first-order valence-corrected chi connectivity index (χ1v) is 8.56. The zero-order valence-corrected chi connectivity index (χ0v) is 13.6. The minimum Gasteiger partial charge on any atom is -0.393 e. The summed E-state index contributed by atoms with van der Waals surface area (Å²) < 4.78 is 0. The van der Waals surface area contributed by atoms with Crippen LogP contribution in [0.5, 0.6) is 0 Å². The highest BCUT2D eigenvalue weighted by atomic mass is 16.3. The minimum atomic E-state index is -0.241. The summed E-state index contributed by atoms with van der Waals surface area (Å²) >= 11 is 0. The molecule has 0 spiro atoms. The number of aliphatic hydroxyl groups excluding tert-OH is 1. The van der Waals surface area contributed by atoms with Crippen LogP contribution in [-0.4, -0.2) is 11.2 Å². The van der Waals surface area contributed by atoms with Crippen molar-refractivity contribution >= 4 is 0 Å². The molecule has 1 N–H and O–H groups in total. The average molecular weight is 294 g/mol. The number of benzene rings is 2. The van der Waals surface area contributed by atoms with Gasteiger partial charge in [0, 0.05) is 5.92 Å². The standard InChI is InChI=1S/C21H26O/c1-3-8-20(22)15(2)21-18-11-6-4-9-16(18)13-14-17-10-5-7-12-19(17)21/h4-7,9-12,15,20-22H,3,8,13-14H2,1-2H3/t15?,20-/m0/s1. The second-order valence-electron chi connectivity index (χ2n) is 6.59. The van der Waals surface area contributed by atoms with Gasteiger partial charge < -0.3 is 5.11 Å². The monoisotopic (exact) mass is 294 g/mol. The summed E-state index contributed by atoms with van der Waals surface area (Å²) in [7, 11) is 0. The number of aliphatic hydroxyl groups is 1. The van der Waals surface area contributed by atoms with Crippen molar-refractivity contribution in [3.05, 3.63) is 70.8 Å². The average Bonchev–Trinajstić information content (AvgIpc) is 2.71. The van der Waals surface area contributed by atoms with Crippen LogP contribution in [0.1, 0.15) is 54.9 Å². The third kappa shape index (κ3) is 2.83. The van der Waals surface area contributed by atoms with Crippen LogP contribution in [0.15, 0.2) is 48.5 Å². The van der Waals surface area contributed by atoms with E-state index in [0.29, 0.717) is 5.92 Å². The van der Waals surface area contributed by atoms with E-state index in [2.05, 4.69) is 62.4 Å². The Morgan fingerprint density at radius 3 is 1.95 bits per heavy atom. The molecule has 0 aliphatic heterocycles. The third-order valence-corrected chi connectivity index (χ3v) is 5.16. The van der Waals surface area contributed by atoms with E-state index in [1.165, 1.54) is 22.3 Å². The number of aryl methyl sites for hydroxylation is 2. The van der Waals surface area contributed by atoms with E-state index >= 15 is 0 Å². The van der Waals surface area contributed by atoms with Crippen molar-refractivity contribution < 1.29 is 5.11 Å². The van der Waals surface area contributed by atoms with Gasteiger partial charge in [0.05, 0.1) is 6.10 Å². The molecule has 0 radical (unpaired) electrons. The van der Waals surface area contributed by atoms with Gasteiger partial charge in [-0.2, -0.15) is 0 Å². The Hall–Kier alpha value is -1.60. The molecule has 0 heterocycles. The summed E-state index contributed by atoms with van der Waals surface area (Å²) in [6.45, 7) is 4.36. The summed E-state index contributed by atoms with van der Waals surface area (Å²) in [5.41, 5.74) is 5.71. The molecule has 0 bridgehead atoms. The predicted molar refractivity (Wildman–Crippen MR) is 92.2 cm³/mol. The van der Waals surface area contributed by atoms with Gasteiger partial charge in [0.1, 0.15) is 0 Å². The van der Waals surface area contributed by atoms with E-state index < -0.39 is 0 Å². The Kier molecular flexibility index (Phi) is 4.63. The van der Waals surface area contributed by atoms with Crippen molar-refractivity contribution in [1.82, 2.24) is 0 Å². The van der Waals surface area contributed by atoms with Gasteiger partial charge in [-0.1, -0.05) is 68.8 Å². The lowest BCUT2D eigenvalue weighted by atomic mass is 9.76. The number of hydrogen-bond acceptors (Lipinski definition) is 1. The second kappa shape index (κ2) is 6.66. The van der Waals surface area contributed by atoms with Crippen molar-refractivity contribution in [3.8, 4) is 0 Å². The minimum absolute atomic E-state index is 0.236. The van der Waals surface area contributed by atoms with Crippen LogP contribution in [0, 0.1) is 5.92 Å². The Labute approximate surface area is 134 Å². The molecule has 1 nitrogen and oxygen atoms in total. The van der Waals surface area contributed by atoms with Gasteiger partial charge >= 0.3 is 0 Å². The molecule has 1 aliphatic carbocycles. The van der Waals surface area contributed by atoms with Gasteiger partial charge in [-0.15, -0.1) is 0 Å². The SMILES string of the molecule is CCC[C@H](O)C(C)C1c2ccccc2CCc2ccccc21. The molecule has 1 unspecified atom stereocenters. The van der Waals surface area contributed by atoms with Crippen LogP contribution in [0.4, 0.5) is 0 Å². The van der Waals surface area contributed by atoms with Crippen LogP contribution >= 0.6 is 0 Å². The molecule has 0 amide bonds. The summed E-state index contributed by atoms with van der Waals surface area (Å²) in [5, 5.41) is 10.6. The Balaban J connectivity index is 2.09. The molecule has 3 rings (SSSR count). The molecule has 2 aromatic rings. The van der Waals surface area contributed by atoms with Crippen LogP contribution < -0.4 is 0 Å². The van der Waals surface area contributed by atoms with Crippen molar-refractivity contribution in [2.24, 2.45) is 5.92 Å². The lowest BCUT2D eigenvalue weighted by molar-refractivity contribution is 0.0983. The largest absolute Gasteiger partial charge is 0.393 e. The van der Waals surface area contributed by atoms with E-state index in [1.54, 1.807) is 0 Å². The van der Waals surface area contributed by atoms with Crippen LogP contribution in [0.3, 0.4) is 0 Å². The number of rotatable bonds is 4. The molecule has 0 aromatic heterocycles. The second-order valence-corrected chi connectivity index (χ2v) is 6.59. The zero-order valence-electron chi connectivity index (χ0n) is 13.6. The molecule has 0 fully saturated rings. The molecule has 2 atom stereocenters. The first-order valence-electron chi connectivity index (χ1n) is 8.56. The lowest BCUT2D eigenvalue weighted by Crippen LogP contribution is -2.25. The van der Waals surface area contributed by atoms with Gasteiger partial charge in [-0.25, -0.2) is 0 Å². The summed E-state index contributed by atoms with van der Waals surface area (Å²) in [6.07, 6.45) is 3.86. The fourth-order valence-corrected chi connectivity index (χ4v) is 3.91. The molecular formula is C21H26O. The molecule has 0 saturated carbocycles. The molecule has 116 valence electrons. The fourth-order valence-electron chi connectivity index (χ4n) is 3.91. The van der Waals surface area contributed by atoms with Crippen LogP contribution in [0.25, 0.3) is 0 Å². The van der Waals surface area contributed by atoms with Gasteiger partial charge in [-0.3, -0.25) is 0 Å². The Morgan fingerprint density at radius 2 is 1.45 bits per heavy atom. The zero-order chi connectivity index (χ0) is 15.5. The third-order valence-electron chi connectivity index (χ3n) is 5.16. The maximum atomic E-state index is 10.6. The van der Waals surface area contributed by atoms with Crippen molar-refractivity contribution in [2.45, 2.75) is 51.6 Å². The van der Waals surface area contributed by atoms with Gasteiger partial charge in [0.15, 0.2) is 0 Å². The molecule has 0 saturated heterocycles. The highest BCUT2D eigenvalue weighted by Crippen LogP contribution is 2.40. The lowest BCUT2D eigenvalue weighted by Gasteiger charge is -2.30. The van der Waals surface area contributed by atoms with Crippen molar-refractivity contribution in [3.63, 3.8) is 0 Å². The summed E-state index contributed by atoms with van der Waals surface area (Å²) in [5.74, 6) is 0.539. The summed E-state index contributed by atoms with van der Waals surface area (Å²) in [6, 6.07) is 17.6. The Morgan fingerprint density at radius 1 is 0.955 bits per heavy atom. The van der Waals surface area contributed by atoms with E-state index in [9.17, 15) is 5.11 Å².